The van der Waals surface area contributed by atoms with Crippen molar-refractivity contribution in [2.75, 3.05) is 11.9 Å². The van der Waals surface area contributed by atoms with E-state index >= 15 is 0 Å². The molecule has 0 aliphatic carbocycles. The Balaban J connectivity index is 1.77. The Morgan fingerprint density at radius 1 is 0.968 bits per heavy atom. The average Bonchev–Trinajstić information content (AvgIpc) is 2.67. The molecule has 3 amide bonds. The zero-order chi connectivity index (χ0) is 23.0. The summed E-state index contributed by atoms with van der Waals surface area (Å²) in [4.78, 5) is 35.9. The predicted octanol–water partition coefficient (Wildman–Crippen LogP) is 4.78. The normalized spacial score (nSPS) is 10.9. The zero-order valence-electron chi connectivity index (χ0n) is 17.6. The standard InChI is InChI=1S/C22H25Cl2N3O4/c1-22(2,3)31-21(30)25-11-10-19(28)27-16-7-4-14(5-8-16)13-26-20(29)17-12-15(23)6-9-18(17)24/h4-9,12H,10-11,13H2,1-3H3,(H,25,30)(H,26,29)(H,27,28). The third-order valence-electron chi connectivity index (χ3n) is 3.88. The van der Waals surface area contributed by atoms with Crippen LogP contribution in [-0.2, 0) is 16.1 Å². The Morgan fingerprint density at radius 3 is 2.29 bits per heavy atom. The topological polar surface area (TPSA) is 96.5 Å². The first-order valence-corrected chi connectivity index (χ1v) is 10.4. The summed E-state index contributed by atoms with van der Waals surface area (Å²) in [7, 11) is 0. The minimum absolute atomic E-state index is 0.109. The largest absolute Gasteiger partial charge is 0.444 e. The van der Waals surface area contributed by atoms with Gasteiger partial charge in [0.2, 0.25) is 5.91 Å². The lowest BCUT2D eigenvalue weighted by molar-refractivity contribution is -0.116. The maximum absolute atomic E-state index is 12.3. The number of rotatable bonds is 7. The molecule has 0 saturated heterocycles. The van der Waals surface area contributed by atoms with Gasteiger partial charge in [0.25, 0.3) is 5.91 Å². The molecule has 0 aliphatic heterocycles. The van der Waals surface area contributed by atoms with Crippen LogP contribution in [0.5, 0.6) is 0 Å². The molecule has 0 atom stereocenters. The minimum atomic E-state index is -0.589. The van der Waals surface area contributed by atoms with E-state index in [4.69, 9.17) is 27.9 Å². The van der Waals surface area contributed by atoms with E-state index < -0.39 is 11.7 Å². The first-order chi connectivity index (χ1) is 14.5. The first-order valence-electron chi connectivity index (χ1n) is 9.62. The second-order valence-electron chi connectivity index (χ2n) is 7.73. The maximum atomic E-state index is 12.3. The molecule has 0 radical (unpaired) electrons. The number of hydrogen-bond donors (Lipinski definition) is 3. The highest BCUT2D eigenvalue weighted by atomic mass is 35.5. The highest BCUT2D eigenvalue weighted by Gasteiger charge is 2.16. The van der Waals surface area contributed by atoms with E-state index in [1.54, 1.807) is 57.2 Å². The quantitative estimate of drug-likeness (QED) is 0.548. The Labute approximate surface area is 191 Å². The molecule has 0 fully saturated rings. The summed E-state index contributed by atoms with van der Waals surface area (Å²) in [6, 6.07) is 11.7. The molecule has 0 saturated carbocycles. The lowest BCUT2D eigenvalue weighted by atomic mass is 10.1. The molecule has 7 nitrogen and oxygen atoms in total. The van der Waals surface area contributed by atoms with Gasteiger partial charge < -0.3 is 20.7 Å². The lowest BCUT2D eigenvalue weighted by Crippen LogP contribution is -2.34. The van der Waals surface area contributed by atoms with Crippen LogP contribution < -0.4 is 16.0 Å². The molecule has 2 aromatic rings. The number of amides is 3. The summed E-state index contributed by atoms with van der Waals surface area (Å²) >= 11 is 11.9. The van der Waals surface area contributed by atoms with Gasteiger partial charge in [-0.3, -0.25) is 9.59 Å². The SMILES string of the molecule is CC(C)(C)OC(=O)NCCC(=O)Nc1ccc(CNC(=O)c2cc(Cl)ccc2Cl)cc1. The molecule has 0 aliphatic rings. The molecule has 31 heavy (non-hydrogen) atoms. The van der Waals surface area contributed by atoms with Gasteiger partial charge in [-0.25, -0.2) is 4.79 Å². The van der Waals surface area contributed by atoms with Crippen molar-refractivity contribution >= 4 is 46.8 Å². The number of ether oxygens (including phenoxy) is 1. The van der Waals surface area contributed by atoms with E-state index in [-0.39, 0.29) is 31.3 Å². The van der Waals surface area contributed by atoms with E-state index in [2.05, 4.69) is 16.0 Å². The van der Waals surface area contributed by atoms with Gasteiger partial charge in [-0.2, -0.15) is 0 Å². The Kier molecular flexibility index (Phi) is 8.71. The van der Waals surface area contributed by atoms with Gasteiger partial charge in [0.15, 0.2) is 0 Å². The molecule has 3 N–H and O–H groups in total. The second kappa shape index (κ2) is 11.0. The fraction of sp³-hybridized carbons (Fsp3) is 0.318. The second-order valence-corrected chi connectivity index (χ2v) is 8.57. The van der Waals surface area contributed by atoms with Crippen molar-refractivity contribution < 1.29 is 19.1 Å². The molecular formula is C22H25Cl2N3O4. The minimum Gasteiger partial charge on any atom is -0.444 e. The predicted molar refractivity (Wildman–Crippen MR) is 122 cm³/mol. The first kappa shape index (κ1) is 24.5. The Bertz CT molecular complexity index is 941. The van der Waals surface area contributed by atoms with Gasteiger partial charge >= 0.3 is 6.09 Å². The fourth-order valence-corrected chi connectivity index (χ4v) is 2.85. The summed E-state index contributed by atoms with van der Waals surface area (Å²) in [5.41, 5.74) is 1.16. The van der Waals surface area contributed by atoms with Crippen LogP contribution in [-0.4, -0.2) is 30.1 Å². The summed E-state index contributed by atoms with van der Waals surface area (Å²) in [5, 5.41) is 8.80. The number of alkyl carbamates (subject to hydrolysis) is 1. The van der Waals surface area contributed by atoms with E-state index in [0.717, 1.165) is 5.56 Å². The van der Waals surface area contributed by atoms with Gasteiger partial charge in [-0.05, 0) is 56.7 Å². The number of halogens is 2. The molecule has 2 aromatic carbocycles. The lowest BCUT2D eigenvalue weighted by Gasteiger charge is -2.19. The molecule has 0 heterocycles. The fourth-order valence-electron chi connectivity index (χ4n) is 2.47. The molecule has 2 rings (SSSR count). The van der Waals surface area contributed by atoms with Crippen molar-refractivity contribution in [3.05, 3.63) is 63.6 Å². The van der Waals surface area contributed by atoms with Gasteiger partial charge in [-0.1, -0.05) is 35.3 Å². The summed E-state index contributed by atoms with van der Waals surface area (Å²) in [6.45, 7) is 5.75. The number of hydrogen-bond acceptors (Lipinski definition) is 4. The molecule has 0 unspecified atom stereocenters. The van der Waals surface area contributed by atoms with Crippen LogP contribution in [0.4, 0.5) is 10.5 Å². The molecule has 0 spiro atoms. The zero-order valence-corrected chi connectivity index (χ0v) is 19.1. The molecule has 166 valence electrons. The van der Waals surface area contributed by atoms with Crippen LogP contribution in [0, 0.1) is 0 Å². The Morgan fingerprint density at radius 2 is 1.65 bits per heavy atom. The number of nitrogens with one attached hydrogen (secondary N) is 3. The van der Waals surface area contributed by atoms with Gasteiger partial charge in [0.05, 0.1) is 10.6 Å². The van der Waals surface area contributed by atoms with E-state index in [1.165, 1.54) is 6.07 Å². The van der Waals surface area contributed by atoms with Crippen LogP contribution in [0.1, 0.15) is 43.1 Å². The molecule has 9 heteroatoms. The van der Waals surface area contributed by atoms with E-state index in [9.17, 15) is 14.4 Å². The van der Waals surface area contributed by atoms with Crippen molar-refractivity contribution in [3.63, 3.8) is 0 Å². The van der Waals surface area contributed by atoms with Crippen molar-refractivity contribution in [2.45, 2.75) is 39.3 Å². The number of carbonyl (C=O) groups is 3. The number of carbonyl (C=O) groups excluding carboxylic acids is 3. The summed E-state index contributed by atoms with van der Waals surface area (Å²) in [5.74, 6) is -0.574. The van der Waals surface area contributed by atoms with E-state index in [0.29, 0.717) is 21.3 Å². The average molecular weight is 466 g/mol. The van der Waals surface area contributed by atoms with Crippen molar-refractivity contribution in [1.29, 1.82) is 0 Å². The van der Waals surface area contributed by atoms with Crippen LogP contribution in [0.3, 0.4) is 0 Å². The van der Waals surface area contributed by atoms with Crippen molar-refractivity contribution in [1.82, 2.24) is 10.6 Å². The maximum Gasteiger partial charge on any atom is 0.407 e. The van der Waals surface area contributed by atoms with Gasteiger partial charge in [-0.15, -0.1) is 0 Å². The van der Waals surface area contributed by atoms with Crippen LogP contribution >= 0.6 is 23.2 Å². The summed E-state index contributed by atoms with van der Waals surface area (Å²) < 4.78 is 5.11. The van der Waals surface area contributed by atoms with Crippen molar-refractivity contribution in [2.24, 2.45) is 0 Å². The van der Waals surface area contributed by atoms with Crippen LogP contribution in [0.15, 0.2) is 42.5 Å². The third-order valence-corrected chi connectivity index (χ3v) is 4.45. The van der Waals surface area contributed by atoms with Crippen LogP contribution in [0.2, 0.25) is 10.0 Å². The van der Waals surface area contributed by atoms with Crippen LogP contribution in [0.25, 0.3) is 0 Å². The van der Waals surface area contributed by atoms with Gasteiger partial charge in [0, 0.05) is 30.2 Å². The smallest absolute Gasteiger partial charge is 0.407 e. The highest BCUT2D eigenvalue weighted by Crippen LogP contribution is 2.20. The summed E-state index contributed by atoms with van der Waals surface area (Å²) in [6.07, 6.45) is -0.456. The van der Waals surface area contributed by atoms with E-state index in [1.807, 2.05) is 0 Å². The molecular weight excluding hydrogens is 441 g/mol. The molecule has 0 aromatic heterocycles. The number of benzene rings is 2. The Hall–Kier alpha value is -2.77. The van der Waals surface area contributed by atoms with Crippen molar-refractivity contribution in [3.8, 4) is 0 Å². The van der Waals surface area contributed by atoms with Gasteiger partial charge in [0.1, 0.15) is 5.60 Å². The highest BCUT2D eigenvalue weighted by molar-refractivity contribution is 6.35. The molecule has 0 bridgehead atoms. The number of anilines is 1. The third kappa shape index (κ3) is 8.86. The monoisotopic (exact) mass is 465 g/mol.